The normalized spacial score (nSPS) is 14.9. The lowest BCUT2D eigenvalue weighted by Crippen LogP contribution is -2.32. The summed E-state index contributed by atoms with van der Waals surface area (Å²) in [4.78, 5) is 15.6. The van der Waals surface area contributed by atoms with Crippen LogP contribution in [0, 0.1) is 11.6 Å². The van der Waals surface area contributed by atoms with Crippen molar-refractivity contribution in [2.45, 2.75) is 38.7 Å². The molecule has 6 nitrogen and oxygen atoms in total. The number of hydrogen-bond acceptors (Lipinski definition) is 6. The van der Waals surface area contributed by atoms with Gasteiger partial charge in [-0.25, -0.2) is 18.7 Å². The number of nitrogens with zero attached hydrogens (tertiary/aromatic N) is 4. The number of nitrogens with two attached hydrogens (primary N) is 1. The predicted molar refractivity (Wildman–Crippen MR) is 118 cm³/mol. The van der Waals surface area contributed by atoms with Gasteiger partial charge in [-0.15, -0.1) is 0 Å². The molecule has 3 N–H and O–H groups in total. The smallest absolute Gasteiger partial charge is 0.172 e. The molecule has 31 heavy (non-hydrogen) atoms. The van der Waals surface area contributed by atoms with Gasteiger partial charge in [-0.3, -0.25) is 4.98 Å². The maximum atomic E-state index is 13.9. The number of benzene rings is 1. The molecule has 3 heterocycles. The van der Waals surface area contributed by atoms with Crippen LogP contribution >= 0.6 is 0 Å². The molecule has 0 unspecified atom stereocenters. The Morgan fingerprint density at radius 3 is 2.55 bits per heavy atom. The molecule has 3 aromatic rings. The van der Waals surface area contributed by atoms with Crippen LogP contribution in [0.4, 0.5) is 20.4 Å². The second kappa shape index (κ2) is 8.19. The third kappa shape index (κ3) is 4.96. The molecule has 0 spiro atoms. The molecule has 0 amide bonds. The highest BCUT2D eigenvalue weighted by Crippen LogP contribution is 2.28. The first-order chi connectivity index (χ1) is 14.7. The Morgan fingerprint density at radius 1 is 1.13 bits per heavy atom. The fraction of sp³-hybridized carbons (Fsp3) is 0.348. The van der Waals surface area contributed by atoms with Crippen LogP contribution in [0.1, 0.15) is 37.9 Å². The molecule has 8 heteroatoms. The molecule has 0 bridgehead atoms. The number of hydrogen-bond donors (Lipinski definition) is 2. The molecule has 162 valence electrons. The summed E-state index contributed by atoms with van der Waals surface area (Å²) in [5, 5.41) is 10.0. The van der Waals surface area contributed by atoms with Crippen molar-refractivity contribution in [2.24, 2.45) is 0 Å². The molecule has 4 rings (SSSR count). The summed E-state index contributed by atoms with van der Waals surface area (Å²) >= 11 is 0. The number of halogens is 2. The van der Waals surface area contributed by atoms with E-state index >= 15 is 0 Å². The summed E-state index contributed by atoms with van der Waals surface area (Å²) in [5.41, 5.74) is 8.82. The van der Waals surface area contributed by atoms with Crippen molar-refractivity contribution in [3.63, 3.8) is 0 Å². The molecule has 1 aromatic carbocycles. The fourth-order valence-corrected chi connectivity index (χ4v) is 3.77. The highest BCUT2D eigenvalue weighted by molar-refractivity contribution is 5.79. The molecule has 2 aromatic heterocycles. The van der Waals surface area contributed by atoms with E-state index in [-0.39, 0.29) is 0 Å². The first-order valence-corrected chi connectivity index (χ1v) is 10.2. The Kier molecular flexibility index (Phi) is 5.58. The van der Waals surface area contributed by atoms with Gasteiger partial charge in [-0.05, 0) is 44.9 Å². The SMILES string of the molecule is CC(C)(O)Cc1cc2nc(N)c(N3CCC(=Cc4ccc(F)cc4F)CC3)nc2cn1. The zero-order valence-corrected chi connectivity index (χ0v) is 17.6. The third-order valence-electron chi connectivity index (χ3n) is 5.26. The lowest BCUT2D eigenvalue weighted by atomic mass is 10.0. The Labute approximate surface area is 179 Å². The number of aromatic nitrogens is 3. The average Bonchev–Trinajstić information content (AvgIpc) is 2.69. The summed E-state index contributed by atoms with van der Waals surface area (Å²) in [6.07, 6.45) is 5.29. The second-order valence-corrected chi connectivity index (χ2v) is 8.54. The zero-order chi connectivity index (χ0) is 22.2. The Balaban J connectivity index is 1.51. The van der Waals surface area contributed by atoms with E-state index < -0.39 is 17.2 Å². The van der Waals surface area contributed by atoms with Crippen LogP contribution in [0.2, 0.25) is 0 Å². The topological polar surface area (TPSA) is 88.2 Å². The van der Waals surface area contributed by atoms with E-state index in [9.17, 15) is 13.9 Å². The molecular weight excluding hydrogens is 400 g/mol. The molecule has 0 aliphatic carbocycles. The van der Waals surface area contributed by atoms with E-state index in [1.54, 1.807) is 32.2 Å². The van der Waals surface area contributed by atoms with Crippen molar-refractivity contribution in [1.82, 2.24) is 15.0 Å². The summed E-state index contributed by atoms with van der Waals surface area (Å²) < 4.78 is 27.0. The number of anilines is 2. The summed E-state index contributed by atoms with van der Waals surface area (Å²) in [6.45, 7) is 4.80. The van der Waals surface area contributed by atoms with Crippen LogP contribution in [-0.2, 0) is 6.42 Å². The Morgan fingerprint density at radius 2 is 1.87 bits per heavy atom. The van der Waals surface area contributed by atoms with Crippen LogP contribution in [0.3, 0.4) is 0 Å². The molecule has 1 aliphatic rings. The summed E-state index contributed by atoms with van der Waals surface area (Å²) in [7, 11) is 0. The molecule has 0 atom stereocenters. The molecule has 1 saturated heterocycles. The number of fused-ring (bicyclic) bond motifs is 1. The van der Waals surface area contributed by atoms with E-state index in [1.807, 2.05) is 0 Å². The van der Waals surface area contributed by atoms with Crippen molar-refractivity contribution in [2.75, 3.05) is 23.7 Å². The number of pyridine rings is 1. The largest absolute Gasteiger partial charge is 0.390 e. The first-order valence-electron chi connectivity index (χ1n) is 10.2. The van der Waals surface area contributed by atoms with Crippen LogP contribution in [0.15, 0.2) is 36.0 Å². The zero-order valence-electron chi connectivity index (χ0n) is 17.6. The van der Waals surface area contributed by atoms with Gasteiger partial charge >= 0.3 is 0 Å². The quantitative estimate of drug-likeness (QED) is 0.660. The van der Waals surface area contributed by atoms with Gasteiger partial charge in [0.1, 0.15) is 17.2 Å². The van der Waals surface area contributed by atoms with E-state index in [1.165, 1.54) is 12.1 Å². The van der Waals surface area contributed by atoms with Gasteiger partial charge in [-0.2, -0.15) is 0 Å². The minimum absolute atomic E-state index is 0.338. The van der Waals surface area contributed by atoms with Crippen LogP contribution in [-0.4, -0.2) is 38.7 Å². The number of aliphatic hydroxyl groups is 1. The van der Waals surface area contributed by atoms with Gasteiger partial charge in [-0.1, -0.05) is 11.6 Å². The molecular formula is C23H25F2N5O. The van der Waals surface area contributed by atoms with Gasteiger partial charge in [0.25, 0.3) is 0 Å². The van der Waals surface area contributed by atoms with Crippen molar-refractivity contribution in [3.8, 4) is 0 Å². The van der Waals surface area contributed by atoms with Crippen molar-refractivity contribution >= 4 is 28.7 Å². The van der Waals surface area contributed by atoms with Gasteiger partial charge in [0.05, 0.1) is 17.3 Å². The third-order valence-corrected chi connectivity index (χ3v) is 5.26. The molecule has 1 fully saturated rings. The first kappa shape index (κ1) is 21.1. The number of nitrogen functional groups attached to an aromatic ring is 1. The maximum Gasteiger partial charge on any atom is 0.172 e. The van der Waals surface area contributed by atoms with Crippen LogP contribution < -0.4 is 10.6 Å². The number of piperidine rings is 1. The maximum absolute atomic E-state index is 13.9. The molecule has 0 saturated carbocycles. The Hall–Kier alpha value is -3.13. The monoisotopic (exact) mass is 425 g/mol. The predicted octanol–water partition coefficient (Wildman–Crippen LogP) is 3.88. The lowest BCUT2D eigenvalue weighted by Gasteiger charge is -2.30. The van der Waals surface area contributed by atoms with Crippen molar-refractivity contribution in [1.29, 1.82) is 0 Å². The number of rotatable bonds is 4. The highest BCUT2D eigenvalue weighted by Gasteiger charge is 2.20. The van der Waals surface area contributed by atoms with E-state index in [4.69, 9.17) is 5.73 Å². The van der Waals surface area contributed by atoms with Crippen molar-refractivity contribution in [3.05, 3.63) is 58.9 Å². The minimum atomic E-state index is -0.866. The average molecular weight is 425 g/mol. The summed E-state index contributed by atoms with van der Waals surface area (Å²) in [5.74, 6) is -0.195. The van der Waals surface area contributed by atoms with E-state index in [0.29, 0.717) is 47.7 Å². The van der Waals surface area contributed by atoms with E-state index in [2.05, 4.69) is 19.9 Å². The van der Waals surface area contributed by atoms with Gasteiger partial charge < -0.3 is 15.7 Å². The Bertz CT molecular complexity index is 1150. The molecule has 0 radical (unpaired) electrons. The minimum Gasteiger partial charge on any atom is -0.390 e. The standard InChI is InChI=1S/C23H25F2N5O/c1-23(2,31)12-17-11-19-20(13-27-17)29-22(21(26)28-19)30-7-5-14(6-8-30)9-15-3-4-16(24)10-18(15)25/h3-4,9-11,13,31H,5-8,12H2,1-2H3,(H2,26,28). The fourth-order valence-electron chi connectivity index (χ4n) is 3.77. The molecule has 1 aliphatic heterocycles. The van der Waals surface area contributed by atoms with E-state index in [0.717, 1.165) is 30.2 Å². The second-order valence-electron chi connectivity index (χ2n) is 8.54. The van der Waals surface area contributed by atoms with Gasteiger partial charge in [0, 0.05) is 36.8 Å². The van der Waals surface area contributed by atoms with Crippen LogP contribution in [0.25, 0.3) is 17.1 Å². The lowest BCUT2D eigenvalue weighted by molar-refractivity contribution is 0.0800. The van der Waals surface area contributed by atoms with Gasteiger partial charge in [0.15, 0.2) is 11.6 Å². The van der Waals surface area contributed by atoms with Crippen molar-refractivity contribution < 1.29 is 13.9 Å². The van der Waals surface area contributed by atoms with Gasteiger partial charge in [0.2, 0.25) is 0 Å². The summed E-state index contributed by atoms with van der Waals surface area (Å²) in [6, 6.07) is 5.41. The highest BCUT2D eigenvalue weighted by atomic mass is 19.1. The van der Waals surface area contributed by atoms with Crippen LogP contribution in [0.5, 0.6) is 0 Å².